The van der Waals surface area contributed by atoms with Crippen LogP contribution in [0.2, 0.25) is 36.3 Å². The van der Waals surface area contributed by atoms with Gasteiger partial charge in [0, 0.05) is 18.8 Å². The zero-order chi connectivity index (χ0) is 19.8. The lowest BCUT2D eigenvalue weighted by Gasteiger charge is -2.47. The van der Waals surface area contributed by atoms with E-state index in [0.717, 1.165) is 6.42 Å². The number of Topliss-reactive ketones (excluding diaryl/α,β-unsaturated/α-hetero) is 1. The summed E-state index contributed by atoms with van der Waals surface area (Å²) in [5.41, 5.74) is 0. The molecule has 0 spiro atoms. The van der Waals surface area contributed by atoms with E-state index in [2.05, 4.69) is 74.7 Å². The molecule has 3 nitrogen and oxygen atoms in total. The molecule has 5 heteroatoms. The number of rotatable bonds is 5. The summed E-state index contributed by atoms with van der Waals surface area (Å²) >= 11 is 0. The second-order valence-electron chi connectivity index (χ2n) is 10.9. The number of carbonyl (C=O) groups excluding carboxylic acids is 1. The van der Waals surface area contributed by atoms with Crippen LogP contribution in [0.4, 0.5) is 0 Å². The summed E-state index contributed by atoms with van der Waals surface area (Å²) in [6.07, 6.45) is 2.15. The van der Waals surface area contributed by atoms with Gasteiger partial charge in [-0.15, -0.1) is 0 Å². The molecule has 0 aromatic rings. The summed E-state index contributed by atoms with van der Waals surface area (Å²) in [6.45, 7) is 24.9. The molecule has 1 aliphatic rings. The molecule has 0 unspecified atom stereocenters. The Morgan fingerprint density at radius 3 is 1.40 bits per heavy atom. The quantitative estimate of drug-likeness (QED) is 0.531. The largest absolute Gasteiger partial charge is 0.413 e. The minimum atomic E-state index is -1.90. The highest BCUT2D eigenvalue weighted by Gasteiger charge is 2.47. The first-order valence-electron chi connectivity index (χ1n) is 9.89. The van der Waals surface area contributed by atoms with Crippen LogP contribution in [0.3, 0.4) is 0 Å². The normalized spacial score (nSPS) is 24.7. The predicted molar refractivity (Wildman–Crippen MR) is 112 cm³/mol. The van der Waals surface area contributed by atoms with Gasteiger partial charge in [-0.3, -0.25) is 4.79 Å². The summed E-state index contributed by atoms with van der Waals surface area (Å²) in [5, 5.41) is 0.309. The number of hydrogen-bond acceptors (Lipinski definition) is 3. The molecule has 1 saturated carbocycles. The summed E-state index contributed by atoms with van der Waals surface area (Å²) in [5.74, 6) is 0.623. The van der Waals surface area contributed by atoms with Crippen molar-refractivity contribution in [2.75, 3.05) is 0 Å². The van der Waals surface area contributed by atoms with Crippen LogP contribution in [0.25, 0.3) is 0 Å². The Balaban J connectivity index is 3.04. The van der Waals surface area contributed by atoms with E-state index < -0.39 is 16.6 Å². The first-order chi connectivity index (χ1) is 11.0. The Morgan fingerprint density at radius 2 is 1.16 bits per heavy atom. The Labute approximate surface area is 158 Å². The van der Waals surface area contributed by atoms with E-state index in [0.29, 0.717) is 24.5 Å². The molecule has 2 atom stereocenters. The highest BCUT2D eigenvalue weighted by Crippen LogP contribution is 2.43. The highest BCUT2D eigenvalue weighted by molar-refractivity contribution is 6.74. The van der Waals surface area contributed by atoms with Gasteiger partial charge in [0.1, 0.15) is 5.78 Å². The van der Waals surface area contributed by atoms with E-state index in [1.54, 1.807) is 0 Å². The van der Waals surface area contributed by atoms with Crippen LogP contribution in [-0.2, 0) is 13.6 Å². The van der Waals surface area contributed by atoms with Crippen molar-refractivity contribution in [1.29, 1.82) is 0 Å². The molecule has 0 radical (unpaired) electrons. The average Bonchev–Trinajstić information content (AvgIpc) is 2.34. The van der Waals surface area contributed by atoms with Gasteiger partial charge in [0.25, 0.3) is 0 Å². The van der Waals surface area contributed by atoms with Crippen molar-refractivity contribution in [3.8, 4) is 0 Å². The number of ketones is 1. The molecule has 0 aromatic heterocycles. The van der Waals surface area contributed by atoms with Crippen LogP contribution in [0.5, 0.6) is 0 Å². The molecule has 1 fully saturated rings. The molecule has 0 aromatic carbocycles. The summed E-state index contributed by atoms with van der Waals surface area (Å²) in [7, 11) is -3.80. The van der Waals surface area contributed by atoms with Crippen LogP contribution in [-0.4, -0.2) is 34.6 Å². The van der Waals surface area contributed by atoms with Crippen molar-refractivity contribution in [2.45, 2.75) is 116 Å². The maximum Gasteiger partial charge on any atom is 0.192 e. The molecule has 0 heterocycles. The van der Waals surface area contributed by atoms with Gasteiger partial charge in [0.05, 0.1) is 12.2 Å². The van der Waals surface area contributed by atoms with Crippen molar-refractivity contribution >= 4 is 22.4 Å². The third-order valence-corrected chi connectivity index (χ3v) is 15.8. The summed E-state index contributed by atoms with van der Waals surface area (Å²) < 4.78 is 13.4. The van der Waals surface area contributed by atoms with Crippen LogP contribution in [0, 0.1) is 5.92 Å². The maximum atomic E-state index is 12.5. The topological polar surface area (TPSA) is 35.5 Å². The second-order valence-corrected chi connectivity index (χ2v) is 20.4. The molecule has 0 N–H and O–H groups in total. The van der Waals surface area contributed by atoms with Gasteiger partial charge >= 0.3 is 0 Å². The van der Waals surface area contributed by atoms with Crippen LogP contribution in [0.15, 0.2) is 0 Å². The van der Waals surface area contributed by atoms with Gasteiger partial charge in [-0.25, -0.2) is 0 Å². The molecule has 1 aliphatic carbocycles. The minimum Gasteiger partial charge on any atom is -0.413 e. The van der Waals surface area contributed by atoms with Gasteiger partial charge in [-0.1, -0.05) is 48.5 Å². The molecular weight excluding hydrogens is 344 g/mol. The average molecular weight is 387 g/mol. The molecule has 25 heavy (non-hydrogen) atoms. The van der Waals surface area contributed by atoms with Crippen molar-refractivity contribution in [1.82, 2.24) is 0 Å². The predicted octanol–water partition coefficient (Wildman–Crippen LogP) is 6.16. The molecule has 1 rings (SSSR count). The van der Waals surface area contributed by atoms with Gasteiger partial charge in [0.2, 0.25) is 0 Å². The van der Waals surface area contributed by atoms with E-state index in [-0.39, 0.29) is 22.3 Å². The molecule has 148 valence electrons. The highest BCUT2D eigenvalue weighted by atomic mass is 28.4. The number of carbonyl (C=O) groups is 1. The fourth-order valence-electron chi connectivity index (χ4n) is 2.97. The molecule has 0 bridgehead atoms. The molecule has 0 saturated heterocycles. The summed E-state index contributed by atoms with van der Waals surface area (Å²) in [4.78, 5) is 12.5. The van der Waals surface area contributed by atoms with Gasteiger partial charge < -0.3 is 8.85 Å². The number of hydrogen-bond donors (Lipinski definition) is 0. The van der Waals surface area contributed by atoms with E-state index >= 15 is 0 Å². The lowest BCUT2D eigenvalue weighted by Crippen LogP contribution is -2.54. The van der Waals surface area contributed by atoms with Crippen molar-refractivity contribution in [3.05, 3.63) is 0 Å². The first-order valence-corrected chi connectivity index (χ1v) is 15.7. The fourth-order valence-corrected chi connectivity index (χ4v) is 5.71. The molecule has 0 amide bonds. The fraction of sp³-hybridized carbons (Fsp3) is 0.950. The van der Waals surface area contributed by atoms with Gasteiger partial charge in [-0.05, 0) is 42.7 Å². The zero-order valence-corrected chi connectivity index (χ0v) is 20.6. The Kier molecular flexibility index (Phi) is 6.98. The van der Waals surface area contributed by atoms with Gasteiger partial charge in [-0.2, -0.15) is 0 Å². The third kappa shape index (κ3) is 5.50. The van der Waals surface area contributed by atoms with E-state index in [4.69, 9.17) is 8.85 Å². The van der Waals surface area contributed by atoms with Crippen molar-refractivity contribution in [3.63, 3.8) is 0 Å². The Bertz CT molecular complexity index is 432. The van der Waals surface area contributed by atoms with Crippen LogP contribution < -0.4 is 0 Å². The second kappa shape index (κ2) is 7.57. The van der Waals surface area contributed by atoms with Crippen molar-refractivity contribution < 1.29 is 13.6 Å². The van der Waals surface area contributed by atoms with Crippen LogP contribution in [0.1, 0.15) is 67.7 Å². The lowest BCUT2D eigenvalue weighted by molar-refractivity contribution is -0.130. The third-order valence-electron chi connectivity index (χ3n) is 6.79. The van der Waals surface area contributed by atoms with Gasteiger partial charge in [0.15, 0.2) is 16.6 Å². The zero-order valence-electron chi connectivity index (χ0n) is 18.6. The van der Waals surface area contributed by atoms with E-state index in [1.807, 2.05) is 0 Å². The van der Waals surface area contributed by atoms with Crippen LogP contribution >= 0.6 is 0 Å². The smallest absolute Gasteiger partial charge is 0.192 e. The minimum absolute atomic E-state index is 0.0157. The maximum absolute atomic E-state index is 12.5. The molecule has 0 aliphatic heterocycles. The Morgan fingerprint density at radius 1 is 0.840 bits per heavy atom. The monoisotopic (exact) mass is 386 g/mol. The van der Waals surface area contributed by atoms with E-state index in [9.17, 15) is 4.79 Å². The van der Waals surface area contributed by atoms with E-state index in [1.165, 1.54) is 0 Å². The Hall–Kier alpha value is 0.0238. The van der Waals surface area contributed by atoms with Crippen molar-refractivity contribution in [2.24, 2.45) is 5.92 Å². The SMILES string of the molecule is CCC1[C@H](O[Si](C)(C)C(C)(C)C)CC(=O)C[C@H]1O[Si](C)(C)C(C)(C)C. The molecular formula is C20H42O3Si2. The standard InChI is InChI=1S/C20H42O3Si2/c1-12-16-17(22-24(8,9)19(2,3)4)13-15(21)14-18(16)23-25(10,11)20(5,6)7/h16-18H,12-14H2,1-11H3/t17-,18-/m1/s1. The first kappa shape index (κ1) is 23.1. The summed E-state index contributed by atoms with van der Waals surface area (Å²) in [6, 6.07) is 0. The lowest BCUT2D eigenvalue weighted by atomic mass is 9.82.